The molecule has 0 bridgehead atoms. The van der Waals surface area contributed by atoms with Gasteiger partial charge in [0.05, 0.1) is 12.2 Å². The number of nitrogens with zero attached hydrogens (tertiary/aromatic N) is 1. The lowest BCUT2D eigenvalue weighted by molar-refractivity contribution is -0.131. The fraction of sp³-hybridized carbons (Fsp3) is 0.588. The second kappa shape index (κ2) is 5.57. The van der Waals surface area contributed by atoms with E-state index in [2.05, 4.69) is 48.3 Å². The predicted molar refractivity (Wildman–Crippen MR) is 80.2 cm³/mol. The molecule has 1 aliphatic carbocycles. The molecule has 20 heavy (non-hydrogen) atoms. The van der Waals surface area contributed by atoms with Gasteiger partial charge in [0.2, 0.25) is 5.91 Å². The van der Waals surface area contributed by atoms with Gasteiger partial charge in [-0.25, -0.2) is 0 Å². The first-order chi connectivity index (χ1) is 9.66. The van der Waals surface area contributed by atoms with Crippen molar-refractivity contribution in [3.63, 3.8) is 0 Å². The van der Waals surface area contributed by atoms with Gasteiger partial charge in [-0.15, -0.1) is 0 Å². The summed E-state index contributed by atoms with van der Waals surface area (Å²) < 4.78 is 0. The number of hydrogen-bond acceptors (Lipinski definition) is 2. The SMILES string of the molecule is CC(C)C1NC(CCc2ccccc2)C(=O)N1C1CC1. The maximum absolute atomic E-state index is 12.6. The highest BCUT2D eigenvalue weighted by atomic mass is 16.2. The molecule has 108 valence electrons. The average molecular weight is 272 g/mol. The Morgan fingerprint density at radius 3 is 2.55 bits per heavy atom. The maximum atomic E-state index is 12.6. The highest BCUT2D eigenvalue weighted by Gasteiger charge is 2.46. The molecule has 2 fully saturated rings. The molecular formula is C17H24N2O. The number of benzene rings is 1. The van der Waals surface area contributed by atoms with Crippen LogP contribution in [0.25, 0.3) is 0 Å². The van der Waals surface area contributed by atoms with E-state index in [9.17, 15) is 4.79 Å². The number of aryl methyl sites for hydroxylation is 1. The summed E-state index contributed by atoms with van der Waals surface area (Å²) in [7, 11) is 0. The van der Waals surface area contributed by atoms with E-state index in [-0.39, 0.29) is 12.2 Å². The van der Waals surface area contributed by atoms with Gasteiger partial charge in [-0.3, -0.25) is 10.1 Å². The molecule has 2 aliphatic rings. The summed E-state index contributed by atoms with van der Waals surface area (Å²) in [6.45, 7) is 4.39. The van der Waals surface area contributed by atoms with Gasteiger partial charge in [0.25, 0.3) is 0 Å². The first-order valence-corrected chi connectivity index (χ1v) is 7.79. The zero-order valence-corrected chi connectivity index (χ0v) is 12.4. The quantitative estimate of drug-likeness (QED) is 0.893. The van der Waals surface area contributed by atoms with Gasteiger partial charge in [-0.05, 0) is 37.2 Å². The van der Waals surface area contributed by atoms with Crippen molar-refractivity contribution in [1.29, 1.82) is 0 Å². The van der Waals surface area contributed by atoms with E-state index in [1.54, 1.807) is 0 Å². The Bertz CT molecular complexity index is 467. The first-order valence-electron chi connectivity index (χ1n) is 7.79. The lowest BCUT2D eigenvalue weighted by atomic mass is 10.1. The minimum atomic E-state index is 0.00297. The molecular weight excluding hydrogens is 248 g/mol. The number of hydrogen-bond donors (Lipinski definition) is 1. The minimum absolute atomic E-state index is 0.00297. The molecule has 2 atom stereocenters. The van der Waals surface area contributed by atoms with Crippen molar-refractivity contribution in [3.8, 4) is 0 Å². The smallest absolute Gasteiger partial charge is 0.241 e. The topological polar surface area (TPSA) is 32.3 Å². The van der Waals surface area contributed by atoms with Gasteiger partial charge in [0, 0.05) is 6.04 Å². The zero-order valence-electron chi connectivity index (χ0n) is 12.4. The largest absolute Gasteiger partial charge is 0.323 e. The van der Waals surface area contributed by atoms with E-state index in [1.807, 2.05) is 6.07 Å². The van der Waals surface area contributed by atoms with Crippen LogP contribution in [0.4, 0.5) is 0 Å². The predicted octanol–water partition coefficient (Wildman–Crippen LogP) is 2.56. The molecule has 2 unspecified atom stereocenters. The fourth-order valence-corrected chi connectivity index (χ4v) is 3.11. The van der Waals surface area contributed by atoms with Crippen LogP contribution in [0.15, 0.2) is 30.3 Å². The zero-order chi connectivity index (χ0) is 14.1. The van der Waals surface area contributed by atoms with Crippen LogP contribution in [0.2, 0.25) is 0 Å². The number of amides is 1. The van der Waals surface area contributed by atoms with Crippen molar-refractivity contribution in [3.05, 3.63) is 35.9 Å². The van der Waals surface area contributed by atoms with E-state index in [0.29, 0.717) is 17.9 Å². The number of nitrogens with one attached hydrogen (secondary N) is 1. The number of rotatable bonds is 5. The van der Waals surface area contributed by atoms with Gasteiger partial charge in [-0.2, -0.15) is 0 Å². The van der Waals surface area contributed by atoms with E-state index < -0.39 is 0 Å². The summed E-state index contributed by atoms with van der Waals surface area (Å²) in [5, 5.41) is 3.56. The molecule has 3 rings (SSSR count). The van der Waals surface area contributed by atoms with Crippen molar-refractivity contribution in [2.75, 3.05) is 0 Å². The van der Waals surface area contributed by atoms with Crippen LogP contribution in [0.3, 0.4) is 0 Å². The molecule has 3 heteroatoms. The second-order valence-electron chi connectivity index (χ2n) is 6.41. The summed E-state index contributed by atoms with van der Waals surface area (Å²) in [5.74, 6) is 0.795. The van der Waals surface area contributed by atoms with Crippen molar-refractivity contribution < 1.29 is 4.79 Å². The molecule has 1 heterocycles. The Morgan fingerprint density at radius 1 is 1.25 bits per heavy atom. The van der Waals surface area contributed by atoms with Crippen LogP contribution in [0.1, 0.15) is 38.7 Å². The third kappa shape index (κ3) is 2.73. The number of carbonyl (C=O) groups excluding carboxylic acids is 1. The van der Waals surface area contributed by atoms with Crippen LogP contribution < -0.4 is 5.32 Å². The molecule has 0 spiro atoms. The van der Waals surface area contributed by atoms with Crippen molar-refractivity contribution in [2.45, 2.75) is 57.8 Å². The molecule has 0 aromatic heterocycles. The monoisotopic (exact) mass is 272 g/mol. The Labute approximate surface area is 121 Å². The van der Waals surface area contributed by atoms with Crippen LogP contribution in [-0.4, -0.2) is 29.1 Å². The summed E-state index contributed by atoms with van der Waals surface area (Å²) in [4.78, 5) is 14.7. The Morgan fingerprint density at radius 2 is 1.95 bits per heavy atom. The Balaban J connectivity index is 1.64. The maximum Gasteiger partial charge on any atom is 0.241 e. The molecule has 1 amide bonds. The van der Waals surface area contributed by atoms with Crippen molar-refractivity contribution in [2.24, 2.45) is 5.92 Å². The molecule has 1 saturated carbocycles. The summed E-state index contributed by atoms with van der Waals surface area (Å²) >= 11 is 0. The molecule has 1 aromatic rings. The standard InChI is InChI=1S/C17H24N2O/c1-12(2)16-18-15(17(20)19(16)14-9-10-14)11-8-13-6-4-3-5-7-13/h3-7,12,14-16,18H,8-11H2,1-2H3. The molecule has 1 aromatic carbocycles. The van der Waals surface area contributed by atoms with Gasteiger partial charge >= 0.3 is 0 Å². The summed E-state index contributed by atoms with van der Waals surface area (Å²) in [5.41, 5.74) is 1.31. The summed E-state index contributed by atoms with van der Waals surface area (Å²) in [6, 6.07) is 10.9. The van der Waals surface area contributed by atoms with Gasteiger partial charge in [0.1, 0.15) is 0 Å². The van der Waals surface area contributed by atoms with E-state index in [0.717, 1.165) is 12.8 Å². The van der Waals surface area contributed by atoms with Crippen LogP contribution in [0, 0.1) is 5.92 Å². The Kier molecular flexibility index (Phi) is 3.79. The van der Waals surface area contributed by atoms with Gasteiger partial charge < -0.3 is 4.90 Å². The lowest BCUT2D eigenvalue weighted by Crippen LogP contribution is -2.42. The van der Waals surface area contributed by atoms with Crippen LogP contribution >= 0.6 is 0 Å². The van der Waals surface area contributed by atoms with Gasteiger partial charge in [-0.1, -0.05) is 44.2 Å². The first kappa shape index (κ1) is 13.6. The van der Waals surface area contributed by atoms with Crippen LogP contribution in [0.5, 0.6) is 0 Å². The van der Waals surface area contributed by atoms with Gasteiger partial charge in [0.15, 0.2) is 0 Å². The van der Waals surface area contributed by atoms with E-state index >= 15 is 0 Å². The molecule has 0 radical (unpaired) electrons. The number of carbonyl (C=O) groups is 1. The third-order valence-corrected chi connectivity index (χ3v) is 4.36. The van der Waals surface area contributed by atoms with E-state index in [1.165, 1.54) is 18.4 Å². The highest BCUT2D eigenvalue weighted by molar-refractivity contribution is 5.85. The van der Waals surface area contributed by atoms with Crippen LogP contribution in [-0.2, 0) is 11.2 Å². The van der Waals surface area contributed by atoms with Crippen molar-refractivity contribution >= 4 is 5.91 Å². The molecule has 1 N–H and O–H groups in total. The van der Waals surface area contributed by atoms with Crippen molar-refractivity contribution in [1.82, 2.24) is 10.2 Å². The lowest BCUT2D eigenvalue weighted by Gasteiger charge is -2.27. The minimum Gasteiger partial charge on any atom is -0.323 e. The summed E-state index contributed by atoms with van der Waals surface area (Å²) in [6.07, 6.45) is 4.46. The molecule has 3 nitrogen and oxygen atoms in total. The fourth-order valence-electron chi connectivity index (χ4n) is 3.11. The Hall–Kier alpha value is -1.35. The molecule has 1 saturated heterocycles. The average Bonchev–Trinajstić information content (AvgIpc) is 3.22. The second-order valence-corrected chi connectivity index (χ2v) is 6.41. The highest BCUT2D eigenvalue weighted by Crippen LogP contribution is 2.34. The van der Waals surface area contributed by atoms with E-state index in [4.69, 9.17) is 0 Å². The normalized spacial score (nSPS) is 26.6. The third-order valence-electron chi connectivity index (χ3n) is 4.36. The molecule has 1 aliphatic heterocycles.